The molecule has 2 aromatic rings. The Morgan fingerprint density at radius 3 is 2.55 bits per heavy atom. The van der Waals surface area contributed by atoms with Crippen molar-refractivity contribution in [3.05, 3.63) is 57.8 Å². The summed E-state index contributed by atoms with van der Waals surface area (Å²) in [5.74, 6) is -1.80. The van der Waals surface area contributed by atoms with E-state index in [1.54, 1.807) is 0 Å². The molecule has 20 heavy (non-hydrogen) atoms. The quantitative estimate of drug-likeness (QED) is 0.911. The Labute approximate surface area is 124 Å². The minimum absolute atomic E-state index is 0.0348. The molecule has 2 rings (SSSR count). The van der Waals surface area contributed by atoms with Crippen LogP contribution in [-0.2, 0) is 0 Å². The summed E-state index contributed by atoms with van der Waals surface area (Å²) >= 11 is 11.7. The molecule has 0 aliphatic carbocycles. The molecular formula is C13H8Cl2N2O3. The third-order valence-electron chi connectivity index (χ3n) is 2.49. The van der Waals surface area contributed by atoms with Gasteiger partial charge in [0, 0.05) is 12.4 Å². The summed E-state index contributed by atoms with van der Waals surface area (Å²) in [5.41, 5.74) is 0.0583. The van der Waals surface area contributed by atoms with Crippen LogP contribution >= 0.6 is 23.2 Å². The van der Waals surface area contributed by atoms with E-state index in [9.17, 15) is 9.59 Å². The minimum Gasteiger partial charge on any atom is -0.478 e. The Morgan fingerprint density at radius 1 is 1.15 bits per heavy atom. The SMILES string of the molecule is O=C(Nc1cccc(Cl)c1C(=O)O)c1cnccc1Cl. The zero-order valence-corrected chi connectivity index (χ0v) is 11.4. The Kier molecular flexibility index (Phi) is 4.22. The fraction of sp³-hybridized carbons (Fsp3) is 0. The molecule has 0 spiro atoms. The van der Waals surface area contributed by atoms with E-state index in [2.05, 4.69) is 10.3 Å². The predicted molar refractivity (Wildman–Crippen MR) is 75.6 cm³/mol. The summed E-state index contributed by atoms with van der Waals surface area (Å²) in [6.45, 7) is 0. The molecule has 0 radical (unpaired) electrons. The number of hydrogen-bond donors (Lipinski definition) is 2. The van der Waals surface area contributed by atoms with E-state index < -0.39 is 11.9 Å². The number of carboxylic acid groups (broad SMARTS) is 1. The van der Waals surface area contributed by atoms with Gasteiger partial charge in [-0.15, -0.1) is 0 Å². The number of carbonyl (C=O) groups is 2. The standard InChI is InChI=1S/C13H8Cl2N2O3/c14-8-4-5-16-6-7(8)12(18)17-10-3-1-2-9(15)11(10)13(19)20/h1-6H,(H,17,18)(H,19,20). The number of rotatable bonds is 3. The van der Waals surface area contributed by atoms with E-state index in [0.717, 1.165) is 0 Å². The number of pyridine rings is 1. The van der Waals surface area contributed by atoms with E-state index >= 15 is 0 Å². The van der Waals surface area contributed by atoms with Gasteiger partial charge >= 0.3 is 5.97 Å². The summed E-state index contributed by atoms with van der Waals surface area (Å²) in [7, 11) is 0. The largest absolute Gasteiger partial charge is 0.478 e. The number of aromatic carboxylic acids is 1. The van der Waals surface area contributed by atoms with Gasteiger partial charge in [-0.05, 0) is 18.2 Å². The van der Waals surface area contributed by atoms with Crippen LogP contribution in [0.2, 0.25) is 10.0 Å². The van der Waals surface area contributed by atoms with E-state index in [1.165, 1.54) is 36.7 Å². The number of carboxylic acids is 1. The summed E-state index contributed by atoms with van der Waals surface area (Å²) in [6.07, 6.45) is 2.74. The maximum atomic E-state index is 12.0. The second-order valence-electron chi connectivity index (χ2n) is 3.78. The third-order valence-corrected chi connectivity index (χ3v) is 3.13. The van der Waals surface area contributed by atoms with Gasteiger partial charge in [0.2, 0.25) is 0 Å². The first-order valence-electron chi connectivity index (χ1n) is 5.43. The fourth-order valence-electron chi connectivity index (χ4n) is 1.58. The van der Waals surface area contributed by atoms with Crippen molar-refractivity contribution in [1.29, 1.82) is 0 Å². The molecule has 5 nitrogen and oxygen atoms in total. The molecule has 1 amide bonds. The lowest BCUT2D eigenvalue weighted by molar-refractivity contribution is 0.0698. The first-order chi connectivity index (χ1) is 9.50. The molecule has 102 valence electrons. The first kappa shape index (κ1) is 14.3. The number of anilines is 1. The Bertz CT molecular complexity index is 689. The van der Waals surface area contributed by atoms with Gasteiger partial charge in [-0.1, -0.05) is 29.3 Å². The van der Waals surface area contributed by atoms with Crippen LogP contribution in [0.1, 0.15) is 20.7 Å². The van der Waals surface area contributed by atoms with Crippen molar-refractivity contribution >= 4 is 40.8 Å². The van der Waals surface area contributed by atoms with Gasteiger partial charge in [0.25, 0.3) is 5.91 Å². The van der Waals surface area contributed by atoms with Crippen LogP contribution in [0.4, 0.5) is 5.69 Å². The van der Waals surface area contributed by atoms with E-state index in [0.29, 0.717) is 0 Å². The first-order valence-corrected chi connectivity index (χ1v) is 6.19. The monoisotopic (exact) mass is 310 g/mol. The molecule has 0 aliphatic rings. The van der Waals surface area contributed by atoms with Gasteiger partial charge in [0.15, 0.2) is 0 Å². The van der Waals surface area contributed by atoms with Crippen molar-refractivity contribution in [2.75, 3.05) is 5.32 Å². The lowest BCUT2D eigenvalue weighted by Crippen LogP contribution is -2.15. The van der Waals surface area contributed by atoms with Gasteiger partial charge in [0.1, 0.15) is 5.56 Å². The van der Waals surface area contributed by atoms with Crippen LogP contribution in [0.3, 0.4) is 0 Å². The maximum Gasteiger partial charge on any atom is 0.339 e. The van der Waals surface area contributed by atoms with Crippen molar-refractivity contribution in [3.8, 4) is 0 Å². The van der Waals surface area contributed by atoms with Gasteiger partial charge in [-0.2, -0.15) is 0 Å². The lowest BCUT2D eigenvalue weighted by Gasteiger charge is -2.10. The molecule has 0 aliphatic heterocycles. The van der Waals surface area contributed by atoms with Crippen LogP contribution in [-0.4, -0.2) is 22.0 Å². The number of aromatic nitrogens is 1. The fourth-order valence-corrected chi connectivity index (χ4v) is 2.03. The topological polar surface area (TPSA) is 79.3 Å². The molecule has 0 saturated carbocycles. The van der Waals surface area contributed by atoms with Crippen molar-refractivity contribution in [3.63, 3.8) is 0 Å². The number of carbonyl (C=O) groups excluding carboxylic acids is 1. The second-order valence-corrected chi connectivity index (χ2v) is 4.59. The molecule has 0 fully saturated rings. The Morgan fingerprint density at radius 2 is 1.90 bits per heavy atom. The van der Waals surface area contributed by atoms with Crippen LogP contribution in [0, 0.1) is 0 Å². The number of nitrogens with zero attached hydrogens (tertiary/aromatic N) is 1. The van der Waals surface area contributed by atoms with Crippen molar-refractivity contribution in [1.82, 2.24) is 4.98 Å². The van der Waals surface area contributed by atoms with E-state index in [4.69, 9.17) is 28.3 Å². The zero-order chi connectivity index (χ0) is 14.7. The highest BCUT2D eigenvalue weighted by atomic mass is 35.5. The number of amides is 1. The lowest BCUT2D eigenvalue weighted by atomic mass is 10.1. The smallest absolute Gasteiger partial charge is 0.339 e. The van der Waals surface area contributed by atoms with Crippen LogP contribution in [0.25, 0.3) is 0 Å². The second kappa shape index (κ2) is 5.90. The summed E-state index contributed by atoms with van der Waals surface area (Å²) in [4.78, 5) is 27.0. The Balaban J connectivity index is 2.36. The molecular weight excluding hydrogens is 303 g/mol. The number of halogens is 2. The maximum absolute atomic E-state index is 12.0. The van der Waals surface area contributed by atoms with Gasteiger partial charge in [-0.3, -0.25) is 9.78 Å². The molecule has 0 atom stereocenters. The van der Waals surface area contributed by atoms with Gasteiger partial charge in [0.05, 0.1) is 21.3 Å². The normalized spacial score (nSPS) is 10.1. The molecule has 7 heteroatoms. The van der Waals surface area contributed by atoms with Crippen molar-refractivity contribution in [2.24, 2.45) is 0 Å². The summed E-state index contributed by atoms with van der Waals surface area (Å²) in [5, 5.41) is 11.8. The third kappa shape index (κ3) is 2.89. The number of nitrogens with one attached hydrogen (secondary N) is 1. The highest BCUT2D eigenvalue weighted by Gasteiger charge is 2.18. The minimum atomic E-state index is -1.23. The number of benzene rings is 1. The van der Waals surface area contributed by atoms with Crippen molar-refractivity contribution < 1.29 is 14.7 Å². The Hall–Kier alpha value is -2.11. The average molecular weight is 311 g/mol. The molecule has 1 heterocycles. The van der Waals surface area contributed by atoms with Gasteiger partial charge < -0.3 is 10.4 Å². The molecule has 1 aromatic carbocycles. The molecule has 0 bridgehead atoms. The molecule has 2 N–H and O–H groups in total. The molecule has 1 aromatic heterocycles. The number of hydrogen-bond acceptors (Lipinski definition) is 3. The van der Waals surface area contributed by atoms with Crippen LogP contribution < -0.4 is 5.32 Å². The van der Waals surface area contributed by atoms with Crippen LogP contribution in [0.5, 0.6) is 0 Å². The summed E-state index contributed by atoms with van der Waals surface area (Å²) < 4.78 is 0. The van der Waals surface area contributed by atoms with E-state index in [-0.39, 0.29) is 26.9 Å². The summed E-state index contributed by atoms with van der Waals surface area (Å²) in [6, 6.07) is 5.87. The van der Waals surface area contributed by atoms with E-state index in [1.807, 2.05) is 0 Å². The molecule has 0 unspecified atom stereocenters. The average Bonchev–Trinajstić information content (AvgIpc) is 2.38. The van der Waals surface area contributed by atoms with Gasteiger partial charge in [-0.25, -0.2) is 4.79 Å². The highest BCUT2D eigenvalue weighted by Crippen LogP contribution is 2.25. The van der Waals surface area contributed by atoms with Crippen molar-refractivity contribution in [2.45, 2.75) is 0 Å². The molecule has 0 saturated heterocycles. The highest BCUT2D eigenvalue weighted by molar-refractivity contribution is 6.35. The predicted octanol–water partition coefficient (Wildman–Crippen LogP) is 3.34. The zero-order valence-electron chi connectivity index (χ0n) is 9.93. The van der Waals surface area contributed by atoms with Crippen LogP contribution in [0.15, 0.2) is 36.7 Å².